The predicted octanol–water partition coefficient (Wildman–Crippen LogP) is 5.53. The van der Waals surface area contributed by atoms with Crippen molar-refractivity contribution in [3.63, 3.8) is 0 Å². The quantitative estimate of drug-likeness (QED) is 0.468. The van der Waals surface area contributed by atoms with Gasteiger partial charge in [0.25, 0.3) is 11.8 Å². The van der Waals surface area contributed by atoms with Crippen molar-refractivity contribution in [2.75, 3.05) is 20.1 Å². The number of rotatable bonds is 5. The number of thiazole rings is 1. The summed E-state index contributed by atoms with van der Waals surface area (Å²) in [5.41, 5.74) is 2.58. The van der Waals surface area contributed by atoms with Gasteiger partial charge in [-0.1, -0.05) is 54.8 Å². The molecular weight excluding hydrogens is 460 g/mol. The van der Waals surface area contributed by atoms with Gasteiger partial charge in [-0.15, -0.1) is 11.3 Å². The van der Waals surface area contributed by atoms with E-state index in [4.69, 9.17) is 9.51 Å². The Hall–Kier alpha value is -3.00. The number of nitrogens with zero attached hydrogens (tertiary/aromatic N) is 4. The van der Waals surface area contributed by atoms with Gasteiger partial charge in [-0.25, -0.2) is 4.98 Å². The van der Waals surface area contributed by atoms with Gasteiger partial charge in [0.2, 0.25) is 0 Å². The van der Waals surface area contributed by atoms with Crippen molar-refractivity contribution in [2.45, 2.75) is 63.8 Å². The summed E-state index contributed by atoms with van der Waals surface area (Å²) in [5.74, 6) is 0.803. The van der Waals surface area contributed by atoms with E-state index in [0.29, 0.717) is 41.8 Å². The molecule has 0 spiro atoms. The van der Waals surface area contributed by atoms with E-state index in [1.165, 1.54) is 19.3 Å². The van der Waals surface area contributed by atoms with Gasteiger partial charge in [-0.2, -0.15) is 0 Å². The molecule has 5 rings (SSSR count). The lowest BCUT2D eigenvalue weighted by Gasteiger charge is -2.31. The molecule has 0 atom stereocenters. The van der Waals surface area contributed by atoms with E-state index >= 15 is 0 Å². The lowest BCUT2D eigenvalue weighted by Crippen LogP contribution is -2.39. The second kappa shape index (κ2) is 10.3. The Morgan fingerprint density at radius 3 is 2.49 bits per heavy atom. The summed E-state index contributed by atoms with van der Waals surface area (Å²) in [6, 6.07) is 10.0. The molecule has 1 aliphatic heterocycles. The largest absolute Gasteiger partial charge is 0.360 e. The second-order valence-corrected chi connectivity index (χ2v) is 10.6. The molecular formula is C27H32N4O3S. The van der Waals surface area contributed by atoms with Crippen molar-refractivity contribution >= 4 is 23.2 Å². The highest BCUT2D eigenvalue weighted by Gasteiger charge is 2.31. The van der Waals surface area contributed by atoms with Crippen molar-refractivity contribution in [3.05, 3.63) is 57.7 Å². The maximum atomic E-state index is 13.4. The summed E-state index contributed by atoms with van der Waals surface area (Å²) in [4.78, 5) is 34.9. The van der Waals surface area contributed by atoms with Crippen molar-refractivity contribution in [3.8, 4) is 11.3 Å². The van der Waals surface area contributed by atoms with Crippen LogP contribution in [0, 0.1) is 6.92 Å². The van der Waals surface area contributed by atoms with Gasteiger partial charge in [-0.3, -0.25) is 9.59 Å². The van der Waals surface area contributed by atoms with Gasteiger partial charge in [0.05, 0.1) is 5.01 Å². The maximum absolute atomic E-state index is 13.4. The van der Waals surface area contributed by atoms with Crippen LogP contribution < -0.4 is 0 Å². The van der Waals surface area contributed by atoms with E-state index in [1.54, 1.807) is 18.3 Å². The Morgan fingerprint density at radius 2 is 1.77 bits per heavy atom. The van der Waals surface area contributed by atoms with Gasteiger partial charge in [0.1, 0.15) is 22.7 Å². The summed E-state index contributed by atoms with van der Waals surface area (Å²) in [5, 5.41) is 7.07. The fourth-order valence-corrected chi connectivity index (χ4v) is 6.26. The molecule has 35 heavy (non-hydrogen) atoms. The Labute approximate surface area is 210 Å². The van der Waals surface area contributed by atoms with Crippen LogP contribution in [0.25, 0.3) is 11.3 Å². The van der Waals surface area contributed by atoms with Crippen LogP contribution in [0.4, 0.5) is 0 Å². The molecule has 184 valence electrons. The summed E-state index contributed by atoms with van der Waals surface area (Å²) in [7, 11) is 1.91. The first-order valence-electron chi connectivity index (χ1n) is 12.6. The first kappa shape index (κ1) is 23.7. The highest BCUT2D eigenvalue weighted by atomic mass is 32.1. The van der Waals surface area contributed by atoms with E-state index in [9.17, 15) is 9.59 Å². The van der Waals surface area contributed by atoms with Crippen LogP contribution in [0.5, 0.6) is 0 Å². The van der Waals surface area contributed by atoms with Crippen LogP contribution in [0.2, 0.25) is 0 Å². The second-order valence-electron chi connectivity index (χ2n) is 9.67. The standard InChI is InChI=1S/C27H32N4O3S/c1-18-23(24(29-34-18)19-9-5-3-6-10-19)27(33)31-15-13-20(14-16-31)25-28-22(17-35-25)26(32)30(2)21-11-7-4-8-12-21/h3,5-6,9-10,17,20-21H,4,7-8,11-16H2,1-2H3. The summed E-state index contributed by atoms with van der Waals surface area (Å²) in [6.45, 7) is 3.08. The fourth-order valence-electron chi connectivity index (χ4n) is 5.29. The topological polar surface area (TPSA) is 79.5 Å². The number of aryl methyl sites for hydroxylation is 1. The van der Waals surface area contributed by atoms with Crippen LogP contribution >= 0.6 is 11.3 Å². The lowest BCUT2D eigenvalue weighted by atomic mass is 9.94. The highest BCUT2D eigenvalue weighted by molar-refractivity contribution is 7.09. The van der Waals surface area contributed by atoms with Gasteiger partial charge in [-0.05, 0) is 32.6 Å². The van der Waals surface area contributed by atoms with Crippen LogP contribution in [0.15, 0.2) is 40.2 Å². The Morgan fingerprint density at radius 1 is 1.06 bits per heavy atom. The molecule has 3 heterocycles. The average molecular weight is 493 g/mol. The van der Waals surface area contributed by atoms with Crippen molar-refractivity contribution in [1.29, 1.82) is 0 Å². The Bertz CT molecular complexity index is 1170. The predicted molar refractivity (Wildman–Crippen MR) is 136 cm³/mol. The summed E-state index contributed by atoms with van der Waals surface area (Å²) in [6.07, 6.45) is 7.50. The van der Waals surface area contributed by atoms with Crippen molar-refractivity contribution in [1.82, 2.24) is 19.9 Å². The third-order valence-electron chi connectivity index (χ3n) is 7.44. The van der Waals surface area contributed by atoms with E-state index in [-0.39, 0.29) is 17.7 Å². The zero-order chi connectivity index (χ0) is 24.4. The molecule has 1 saturated heterocycles. The number of carbonyl (C=O) groups excluding carboxylic acids is 2. The zero-order valence-corrected chi connectivity index (χ0v) is 21.2. The number of likely N-dealkylation sites (tertiary alicyclic amines) is 1. The first-order valence-corrected chi connectivity index (χ1v) is 13.4. The third-order valence-corrected chi connectivity index (χ3v) is 8.45. The molecule has 2 aromatic heterocycles. The number of hydrogen-bond acceptors (Lipinski definition) is 6. The summed E-state index contributed by atoms with van der Waals surface area (Å²) >= 11 is 1.57. The smallest absolute Gasteiger partial charge is 0.273 e. The lowest BCUT2D eigenvalue weighted by molar-refractivity contribution is 0.0690. The molecule has 7 nitrogen and oxygen atoms in total. The minimum atomic E-state index is -0.0369. The molecule has 0 bridgehead atoms. The van der Waals surface area contributed by atoms with E-state index in [1.807, 2.05) is 52.6 Å². The first-order chi connectivity index (χ1) is 17.0. The molecule has 0 unspecified atom stereocenters. The van der Waals surface area contributed by atoms with Gasteiger partial charge in [0.15, 0.2) is 0 Å². The molecule has 8 heteroatoms. The van der Waals surface area contributed by atoms with Crippen LogP contribution in [0.1, 0.15) is 82.5 Å². The number of aromatic nitrogens is 2. The molecule has 0 radical (unpaired) electrons. The molecule has 0 N–H and O–H groups in total. The van der Waals surface area contributed by atoms with Gasteiger partial charge < -0.3 is 14.3 Å². The Balaban J connectivity index is 1.22. The number of benzene rings is 1. The van der Waals surface area contributed by atoms with Crippen LogP contribution in [0.3, 0.4) is 0 Å². The molecule has 2 aliphatic rings. The minimum absolute atomic E-state index is 0.0309. The SMILES string of the molecule is Cc1onc(-c2ccccc2)c1C(=O)N1CCC(c2nc(C(=O)N(C)C3CCCCC3)cs2)CC1. The number of amides is 2. The number of carbonyl (C=O) groups is 2. The molecule has 1 saturated carbocycles. The highest BCUT2D eigenvalue weighted by Crippen LogP contribution is 2.33. The monoisotopic (exact) mass is 492 g/mol. The van der Waals surface area contributed by atoms with E-state index < -0.39 is 0 Å². The number of hydrogen-bond donors (Lipinski definition) is 0. The fraction of sp³-hybridized carbons (Fsp3) is 0.481. The maximum Gasteiger partial charge on any atom is 0.273 e. The van der Waals surface area contributed by atoms with Crippen LogP contribution in [-0.2, 0) is 0 Å². The molecule has 2 fully saturated rings. The van der Waals surface area contributed by atoms with Gasteiger partial charge >= 0.3 is 0 Å². The zero-order valence-electron chi connectivity index (χ0n) is 20.4. The van der Waals surface area contributed by atoms with Gasteiger partial charge in [0, 0.05) is 43.0 Å². The Kier molecular flexibility index (Phi) is 7.00. The molecule has 2 amide bonds. The van der Waals surface area contributed by atoms with E-state index in [0.717, 1.165) is 36.3 Å². The molecule has 1 aromatic carbocycles. The number of piperidine rings is 1. The van der Waals surface area contributed by atoms with E-state index in [2.05, 4.69) is 5.16 Å². The van der Waals surface area contributed by atoms with Crippen molar-refractivity contribution < 1.29 is 14.1 Å². The van der Waals surface area contributed by atoms with Crippen LogP contribution in [-0.4, -0.2) is 57.9 Å². The normalized spacial score (nSPS) is 17.5. The average Bonchev–Trinajstić information content (AvgIpc) is 3.56. The molecule has 1 aliphatic carbocycles. The summed E-state index contributed by atoms with van der Waals surface area (Å²) < 4.78 is 5.40. The minimum Gasteiger partial charge on any atom is -0.360 e. The molecule has 3 aromatic rings. The third kappa shape index (κ3) is 4.89. The van der Waals surface area contributed by atoms with Crippen molar-refractivity contribution in [2.24, 2.45) is 0 Å².